The van der Waals surface area contributed by atoms with Crippen LogP contribution in [0.1, 0.15) is 32.6 Å². The minimum Gasteiger partial charge on any atom is -0.376 e. The summed E-state index contributed by atoms with van der Waals surface area (Å²) < 4.78 is 7.96. The minimum atomic E-state index is -0.355. The Hall–Kier alpha value is -1.84. The van der Waals surface area contributed by atoms with Crippen molar-refractivity contribution in [1.29, 1.82) is 0 Å². The fraction of sp³-hybridized carbons (Fsp3) is 0.579. The van der Waals surface area contributed by atoms with Crippen molar-refractivity contribution in [3.63, 3.8) is 0 Å². The lowest BCUT2D eigenvalue weighted by molar-refractivity contribution is -0.115. The zero-order valence-corrected chi connectivity index (χ0v) is 18.0. The smallest absolute Gasteiger partial charge is 0.238 e. The Labute approximate surface area is 179 Å². The number of carbonyl (C=O) groups is 1. The maximum absolute atomic E-state index is 12.6. The Balaban J connectivity index is 1.47. The van der Waals surface area contributed by atoms with Crippen molar-refractivity contribution >= 4 is 41.0 Å². The van der Waals surface area contributed by atoms with E-state index in [1.807, 2.05) is 6.92 Å². The summed E-state index contributed by atoms with van der Waals surface area (Å²) in [5.74, 6) is 1.22. The molecule has 8 nitrogen and oxygen atoms in total. The SMILES string of the molecule is C[C@@H](Sc1nnc(N2CCCC2)n1C[C@@H]1CCCO1)C(=O)Nc1ccc(Cl)cn1. The van der Waals surface area contributed by atoms with Gasteiger partial charge in [-0.1, -0.05) is 23.4 Å². The molecule has 1 N–H and O–H groups in total. The summed E-state index contributed by atoms with van der Waals surface area (Å²) in [6, 6.07) is 3.38. The molecule has 2 saturated heterocycles. The maximum Gasteiger partial charge on any atom is 0.238 e. The third-order valence-electron chi connectivity index (χ3n) is 5.13. The first kappa shape index (κ1) is 20.4. The number of ether oxygens (including phenoxy) is 1. The van der Waals surface area contributed by atoms with E-state index in [-0.39, 0.29) is 17.3 Å². The molecular weight excluding hydrogens is 412 g/mol. The van der Waals surface area contributed by atoms with Crippen molar-refractivity contribution in [2.75, 3.05) is 29.9 Å². The van der Waals surface area contributed by atoms with Crippen LogP contribution in [-0.2, 0) is 16.1 Å². The van der Waals surface area contributed by atoms with Gasteiger partial charge >= 0.3 is 0 Å². The van der Waals surface area contributed by atoms with Gasteiger partial charge in [-0.2, -0.15) is 0 Å². The highest BCUT2D eigenvalue weighted by atomic mass is 35.5. The highest BCUT2D eigenvalue weighted by Gasteiger charge is 2.27. The number of amides is 1. The Kier molecular flexibility index (Phi) is 6.56. The Bertz CT molecular complexity index is 834. The van der Waals surface area contributed by atoms with E-state index >= 15 is 0 Å². The second kappa shape index (κ2) is 9.32. The number of aromatic nitrogens is 4. The van der Waals surface area contributed by atoms with Crippen LogP contribution in [0.2, 0.25) is 5.02 Å². The number of nitrogens with one attached hydrogen (secondary N) is 1. The maximum atomic E-state index is 12.6. The third kappa shape index (κ3) is 5.02. The average Bonchev–Trinajstić information content (AvgIpc) is 3.47. The molecule has 0 unspecified atom stereocenters. The molecule has 10 heteroatoms. The van der Waals surface area contributed by atoms with Crippen molar-refractivity contribution < 1.29 is 9.53 Å². The fourth-order valence-electron chi connectivity index (χ4n) is 3.56. The van der Waals surface area contributed by atoms with Gasteiger partial charge in [-0.25, -0.2) is 4.98 Å². The van der Waals surface area contributed by atoms with Crippen molar-refractivity contribution in [3.05, 3.63) is 23.4 Å². The van der Waals surface area contributed by atoms with Crippen LogP contribution >= 0.6 is 23.4 Å². The molecule has 4 heterocycles. The number of rotatable bonds is 7. The number of hydrogen-bond donors (Lipinski definition) is 1. The summed E-state index contributed by atoms with van der Waals surface area (Å²) in [5.41, 5.74) is 0. The fourth-order valence-corrected chi connectivity index (χ4v) is 4.53. The molecule has 2 fully saturated rings. The normalized spacial score (nSPS) is 20.2. The van der Waals surface area contributed by atoms with Gasteiger partial charge in [0.2, 0.25) is 11.9 Å². The van der Waals surface area contributed by atoms with Gasteiger partial charge in [0.1, 0.15) is 5.82 Å². The highest BCUT2D eigenvalue weighted by molar-refractivity contribution is 8.00. The van der Waals surface area contributed by atoms with Crippen LogP contribution in [0.25, 0.3) is 0 Å². The Morgan fingerprint density at radius 2 is 2.17 bits per heavy atom. The number of hydrogen-bond acceptors (Lipinski definition) is 7. The highest BCUT2D eigenvalue weighted by Crippen LogP contribution is 2.29. The molecule has 2 aliphatic heterocycles. The lowest BCUT2D eigenvalue weighted by Gasteiger charge is -2.21. The zero-order valence-electron chi connectivity index (χ0n) is 16.4. The number of pyridine rings is 1. The largest absolute Gasteiger partial charge is 0.376 e. The van der Waals surface area contributed by atoms with Crippen molar-refractivity contribution in [2.45, 2.75) is 55.7 Å². The monoisotopic (exact) mass is 436 g/mol. The molecule has 156 valence electrons. The van der Waals surface area contributed by atoms with Crippen LogP contribution in [0.5, 0.6) is 0 Å². The predicted molar refractivity (Wildman–Crippen MR) is 114 cm³/mol. The number of nitrogens with zero attached hydrogens (tertiary/aromatic N) is 5. The minimum absolute atomic E-state index is 0.140. The molecule has 0 aromatic carbocycles. The van der Waals surface area contributed by atoms with Gasteiger partial charge in [-0.15, -0.1) is 10.2 Å². The van der Waals surface area contributed by atoms with Gasteiger partial charge < -0.3 is 15.0 Å². The average molecular weight is 437 g/mol. The summed E-state index contributed by atoms with van der Waals surface area (Å²) in [6.45, 7) is 5.37. The van der Waals surface area contributed by atoms with E-state index in [0.717, 1.165) is 43.6 Å². The molecular formula is C19H25ClN6O2S. The molecule has 0 aliphatic carbocycles. The van der Waals surface area contributed by atoms with Gasteiger partial charge in [0.05, 0.1) is 22.9 Å². The van der Waals surface area contributed by atoms with Crippen LogP contribution in [0, 0.1) is 0 Å². The van der Waals surface area contributed by atoms with Gasteiger partial charge in [0.25, 0.3) is 0 Å². The lowest BCUT2D eigenvalue weighted by Crippen LogP contribution is -2.26. The quantitative estimate of drug-likeness (QED) is 0.667. The number of halogens is 1. The van der Waals surface area contributed by atoms with Crippen molar-refractivity contribution in [3.8, 4) is 0 Å². The summed E-state index contributed by atoms with van der Waals surface area (Å²) in [7, 11) is 0. The molecule has 2 aromatic heterocycles. The molecule has 2 atom stereocenters. The molecule has 0 spiro atoms. The zero-order chi connectivity index (χ0) is 20.2. The van der Waals surface area contributed by atoms with Crippen LogP contribution in [0.15, 0.2) is 23.5 Å². The lowest BCUT2D eigenvalue weighted by atomic mass is 10.2. The predicted octanol–water partition coefficient (Wildman–Crippen LogP) is 3.23. The molecule has 2 aliphatic rings. The second-order valence-electron chi connectivity index (χ2n) is 7.33. The first-order valence-electron chi connectivity index (χ1n) is 9.99. The first-order chi connectivity index (χ1) is 14.1. The standard InChI is InChI=1S/C19H25ClN6O2S/c1-13(17(27)22-16-7-6-14(20)11-21-16)29-19-24-23-18(25-8-2-3-9-25)26(19)12-15-5-4-10-28-15/h6-7,11,13,15H,2-5,8-10,12H2,1H3,(H,21,22,27)/t13-,15+/m1/s1. The molecule has 4 rings (SSSR count). The second-order valence-corrected chi connectivity index (χ2v) is 9.08. The Morgan fingerprint density at radius 3 is 2.86 bits per heavy atom. The van der Waals surface area contributed by atoms with Gasteiger partial charge in [-0.3, -0.25) is 9.36 Å². The van der Waals surface area contributed by atoms with Crippen LogP contribution in [-0.4, -0.2) is 56.7 Å². The number of thioether (sulfide) groups is 1. The molecule has 1 amide bonds. The van der Waals surface area contributed by atoms with Gasteiger partial charge in [0.15, 0.2) is 5.16 Å². The van der Waals surface area contributed by atoms with Crippen molar-refractivity contribution in [1.82, 2.24) is 19.7 Å². The van der Waals surface area contributed by atoms with E-state index in [2.05, 4.69) is 30.0 Å². The van der Waals surface area contributed by atoms with Gasteiger partial charge in [-0.05, 0) is 44.7 Å². The number of carbonyl (C=O) groups excluding carboxylic acids is 1. The molecule has 0 radical (unpaired) electrons. The van der Waals surface area contributed by atoms with E-state index in [1.165, 1.54) is 30.8 Å². The van der Waals surface area contributed by atoms with Crippen LogP contribution in [0.4, 0.5) is 11.8 Å². The summed E-state index contributed by atoms with van der Waals surface area (Å²) in [5, 5.41) is 12.6. The summed E-state index contributed by atoms with van der Waals surface area (Å²) in [6.07, 6.45) is 6.15. The van der Waals surface area contributed by atoms with Crippen LogP contribution < -0.4 is 10.2 Å². The molecule has 0 saturated carbocycles. The number of anilines is 2. The van der Waals surface area contributed by atoms with E-state index in [4.69, 9.17) is 16.3 Å². The van der Waals surface area contributed by atoms with E-state index < -0.39 is 0 Å². The first-order valence-corrected chi connectivity index (χ1v) is 11.2. The van der Waals surface area contributed by atoms with Crippen molar-refractivity contribution in [2.24, 2.45) is 0 Å². The third-order valence-corrected chi connectivity index (χ3v) is 6.43. The molecule has 29 heavy (non-hydrogen) atoms. The van der Waals surface area contributed by atoms with E-state index in [0.29, 0.717) is 17.4 Å². The summed E-state index contributed by atoms with van der Waals surface area (Å²) >= 11 is 7.25. The van der Waals surface area contributed by atoms with Gasteiger partial charge in [0, 0.05) is 25.9 Å². The Morgan fingerprint density at radius 1 is 1.34 bits per heavy atom. The van der Waals surface area contributed by atoms with Crippen LogP contribution in [0.3, 0.4) is 0 Å². The van der Waals surface area contributed by atoms with E-state index in [9.17, 15) is 4.79 Å². The summed E-state index contributed by atoms with van der Waals surface area (Å²) in [4.78, 5) is 19.0. The van der Waals surface area contributed by atoms with E-state index in [1.54, 1.807) is 12.1 Å². The topological polar surface area (TPSA) is 85.2 Å². The molecule has 0 bridgehead atoms. The molecule has 2 aromatic rings.